The number of thioether (sulfide) groups is 1. The van der Waals surface area contributed by atoms with E-state index >= 15 is 0 Å². The van der Waals surface area contributed by atoms with Crippen LogP contribution in [0.3, 0.4) is 0 Å². The number of carboxylic acids is 1. The molecule has 196 valence electrons. The van der Waals surface area contributed by atoms with Gasteiger partial charge in [0, 0.05) is 30.5 Å². The van der Waals surface area contributed by atoms with Crippen LogP contribution >= 0.6 is 11.8 Å². The molecule has 1 aromatic rings. The van der Waals surface area contributed by atoms with Gasteiger partial charge in [-0.2, -0.15) is 11.8 Å². The number of aliphatic carboxylic acids is 1. The van der Waals surface area contributed by atoms with Crippen LogP contribution in [0.2, 0.25) is 0 Å². The zero-order valence-corrected chi connectivity index (χ0v) is 22.4. The Morgan fingerprint density at radius 3 is 2.49 bits per heavy atom. The molecule has 0 unspecified atom stereocenters. The summed E-state index contributed by atoms with van der Waals surface area (Å²) < 4.78 is 5.94. The van der Waals surface area contributed by atoms with E-state index in [-0.39, 0.29) is 24.3 Å². The zero-order valence-electron chi connectivity index (χ0n) is 21.6. The SMILES string of the molecule is CC(C)CC(=O)NN1CCC[C@H]1CSC[C@H](NC(=O)[C@@H](OCc1ccccc1)C(C)(C)C)C(=O)O. The van der Waals surface area contributed by atoms with Crippen LogP contribution in [0.1, 0.15) is 59.4 Å². The van der Waals surface area contributed by atoms with E-state index in [0.717, 1.165) is 24.9 Å². The fraction of sp³-hybridized carbons (Fsp3) is 0.654. The van der Waals surface area contributed by atoms with Gasteiger partial charge in [-0.05, 0) is 29.7 Å². The third-order valence-corrected chi connectivity index (χ3v) is 6.92. The predicted octanol–water partition coefficient (Wildman–Crippen LogP) is 3.46. The van der Waals surface area contributed by atoms with Crippen LogP contribution in [0, 0.1) is 11.3 Å². The molecule has 1 heterocycles. The number of amides is 2. The van der Waals surface area contributed by atoms with Crippen LogP contribution in [0.15, 0.2) is 30.3 Å². The molecule has 2 amide bonds. The molecular weight excluding hydrogens is 466 g/mol. The highest BCUT2D eigenvalue weighted by molar-refractivity contribution is 7.99. The van der Waals surface area contributed by atoms with E-state index in [1.165, 1.54) is 11.8 Å². The van der Waals surface area contributed by atoms with Crippen LogP contribution < -0.4 is 10.7 Å². The molecule has 1 aliphatic rings. The second-order valence-corrected chi connectivity index (χ2v) is 11.7. The first-order valence-corrected chi connectivity index (χ1v) is 13.5. The summed E-state index contributed by atoms with van der Waals surface area (Å²) in [6.07, 6.45) is 1.61. The number of hydrazine groups is 1. The van der Waals surface area contributed by atoms with Crippen molar-refractivity contribution >= 4 is 29.5 Å². The quantitative estimate of drug-likeness (QED) is 0.375. The van der Waals surface area contributed by atoms with E-state index in [2.05, 4.69) is 10.7 Å². The van der Waals surface area contributed by atoms with Crippen molar-refractivity contribution in [2.45, 2.75) is 78.7 Å². The lowest BCUT2D eigenvalue weighted by molar-refractivity contribution is -0.147. The van der Waals surface area contributed by atoms with Gasteiger partial charge in [0.05, 0.1) is 6.61 Å². The minimum atomic E-state index is -1.07. The second kappa shape index (κ2) is 13.8. The molecule has 0 aromatic heterocycles. The van der Waals surface area contributed by atoms with Crippen molar-refractivity contribution in [2.24, 2.45) is 11.3 Å². The average Bonchev–Trinajstić information content (AvgIpc) is 3.18. The lowest BCUT2D eigenvalue weighted by atomic mass is 9.88. The number of rotatable bonds is 13. The Morgan fingerprint density at radius 1 is 1.20 bits per heavy atom. The van der Waals surface area contributed by atoms with E-state index in [9.17, 15) is 19.5 Å². The molecule has 1 aromatic carbocycles. The van der Waals surface area contributed by atoms with Crippen molar-refractivity contribution in [1.82, 2.24) is 15.8 Å². The molecule has 0 radical (unpaired) electrons. The molecule has 3 N–H and O–H groups in total. The molecule has 1 fully saturated rings. The van der Waals surface area contributed by atoms with Gasteiger partial charge in [0.25, 0.3) is 0 Å². The summed E-state index contributed by atoms with van der Waals surface area (Å²) >= 11 is 1.47. The molecule has 1 saturated heterocycles. The Bertz CT molecular complexity index is 828. The van der Waals surface area contributed by atoms with Gasteiger partial charge in [0.2, 0.25) is 11.8 Å². The Morgan fingerprint density at radius 2 is 1.89 bits per heavy atom. The van der Waals surface area contributed by atoms with Crippen LogP contribution in [0.5, 0.6) is 0 Å². The van der Waals surface area contributed by atoms with Gasteiger partial charge in [-0.15, -0.1) is 0 Å². The van der Waals surface area contributed by atoms with Crippen LogP contribution in [-0.2, 0) is 25.7 Å². The maximum absolute atomic E-state index is 13.0. The van der Waals surface area contributed by atoms with E-state index in [4.69, 9.17) is 4.74 Å². The summed E-state index contributed by atoms with van der Waals surface area (Å²) in [6.45, 7) is 10.8. The van der Waals surface area contributed by atoms with Crippen molar-refractivity contribution in [3.8, 4) is 0 Å². The van der Waals surface area contributed by atoms with Crippen LogP contribution in [0.4, 0.5) is 0 Å². The van der Waals surface area contributed by atoms with Gasteiger partial charge in [0.1, 0.15) is 12.1 Å². The van der Waals surface area contributed by atoms with Crippen molar-refractivity contribution in [2.75, 3.05) is 18.1 Å². The molecule has 0 spiro atoms. The van der Waals surface area contributed by atoms with Gasteiger partial charge in [-0.3, -0.25) is 15.0 Å². The number of nitrogens with zero attached hydrogens (tertiary/aromatic N) is 1. The molecule has 0 saturated carbocycles. The van der Waals surface area contributed by atoms with Crippen molar-refractivity contribution in [3.63, 3.8) is 0 Å². The summed E-state index contributed by atoms with van der Waals surface area (Å²) in [7, 11) is 0. The number of carboxylic acid groups (broad SMARTS) is 1. The highest BCUT2D eigenvalue weighted by Gasteiger charge is 2.35. The Kier molecular flexibility index (Phi) is 11.5. The Hall–Kier alpha value is -2.10. The summed E-state index contributed by atoms with van der Waals surface area (Å²) in [5, 5.41) is 14.4. The third-order valence-electron chi connectivity index (χ3n) is 5.73. The summed E-state index contributed by atoms with van der Waals surface area (Å²) in [6, 6.07) is 8.70. The van der Waals surface area contributed by atoms with E-state index in [1.807, 2.05) is 70.0 Å². The van der Waals surface area contributed by atoms with Gasteiger partial charge < -0.3 is 15.2 Å². The van der Waals surface area contributed by atoms with Crippen LogP contribution in [-0.4, -0.2) is 64.1 Å². The number of hydrogen-bond donors (Lipinski definition) is 3. The van der Waals surface area contributed by atoms with Crippen molar-refractivity contribution in [1.29, 1.82) is 0 Å². The van der Waals surface area contributed by atoms with Crippen molar-refractivity contribution < 1.29 is 24.2 Å². The van der Waals surface area contributed by atoms with E-state index in [1.54, 1.807) is 0 Å². The van der Waals surface area contributed by atoms with Gasteiger partial charge in [0.15, 0.2) is 0 Å². The number of carbonyl (C=O) groups is 3. The first kappa shape index (κ1) is 29.1. The third kappa shape index (κ3) is 10.2. The van der Waals surface area contributed by atoms with Gasteiger partial charge in [-0.25, -0.2) is 9.80 Å². The fourth-order valence-corrected chi connectivity index (χ4v) is 5.17. The van der Waals surface area contributed by atoms with Crippen molar-refractivity contribution in [3.05, 3.63) is 35.9 Å². The molecule has 3 atom stereocenters. The van der Waals surface area contributed by atoms with Gasteiger partial charge in [-0.1, -0.05) is 65.0 Å². The molecule has 0 aliphatic carbocycles. The predicted molar refractivity (Wildman–Crippen MR) is 139 cm³/mol. The first-order chi connectivity index (χ1) is 16.5. The normalized spacial score (nSPS) is 18.3. The lowest BCUT2D eigenvalue weighted by Gasteiger charge is -2.31. The molecular formula is C26H41N3O5S. The molecule has 8 nitrogen and oxygen atoms in total. The number of benzene rings is 1. The maximum atomic E-state index is 13.0. The number of carbonyl (C=O) groups excluding carboxylic acids is 2. The number of nitrogens with one attached hydrogen (secondary N) is 2. The summed E-state index contributed by atoms with van der Waals surface area (Å²) in [5.74, 6) is -0.286. The summed E-state index contributed by atoms with van der Waals surface area (Å²) in [5.41, 5.74) is 3.43. The fourth-order valence-electron chi connectivity index (χ4n) is 3.95. The summed E-state index contributed by atoms with van der Waals surface area (Å²) in [4.78, 5) is 37.1. The molecule has 35 heavy (non-hydrogen) atoms. The highest BCUT2D eigenvalue weighted by atomic mass is 32.2. The zero-order chi connectivity index (χ0) is 26.0. The lowest BCUT2D eigenvalue weighted by Crippen LogP contribution is -2.51. The number of ether oxygens (including phenoxy) is 1. The largest absolute Gasteiger partial charge is 0.480 e. The molecule has 0 bridgehead atoms. The number of hydrogen-bond acceptors (Lipinski definition) is 6. The Balaban J connectivity index is 1.89. The van der Waals surface area contributed by atoms with Gasteiger partial charge >= 0.3 is 5.97 Å². The minimum Gasteiger partial charge on any atom is -0.480 e. The average molecular weight is 508 g/mol. The second-order valence-electron chi connectivity index (χ2n) is 10.6. The first-order valence-electron chi connectivity index (χ1n) is 12.3. The van der Waals surface area contributed by atoms with E-state index < -0.39 is 29.4 Å². The van der Waals surface area contributed by atoms with E-state index in [0.29, 0.717) is 18.1 Å². The molecule has 2 rings (SSSR count). The maximum Gasteiger partial charge on any atom is 0.327 e. The minimum absolute atomic E-state index is 0.0105. The monoisotopic (exact) mass is 507 g/mol. The molecule has 9 heteroatoms. The topological polar surface area (TPSA) is 108 Å². The molecule has 1 aliphatic heterocycles. The highest BCUT2D eigenvalue weighted by Crippen LogP contribution is 2.24. The standard InChI is InChI=1S/C26H41N3O5S/c1-18(2)14-22(30)28-29-13-9-12-20(29)16-35-17-21(25(32)33)27-24(31)23(26(3,4)5)34-15-19-10-7-6-8-11-19/h6-8,10-11,18,20-21,23H,9,12-17H2,1-5H3,(H,27,31)(H,28,30)(H,32,33)/t20-,21-,23+/m0/s1. The Labute approximate surface area is 213 Å². The van der Waals surface area contributed by atoms with Crippen LogP contribution in [0.25, 0.3) is 0 Å². The smallest absolute Gasteiger partial charge is 0.327 e.